The van der Waals surface area contributed by atoms with E-state index in [0.29, 0.717) is 11.8 Å². The van der Waals surface area contributed by atoms with E-state index in [-0.39, 0.29) is 11.4 Å². The third-order valence-electron chi connectivity index (χ3n) is 4.47. The van der Waals surface area contributed by atoms with Gasteiger partial charge in [-0.05, 0) is 25.7 Å². The second-order valence-corrected chi connectivity index (χ2v) is 5.49. The second kappa shape index (κ2) is 3.19. The maximum absolute atomic E-state index is 5.87. The first-order chi connectivity index (χ1) is 7.15. The van der Waals surface area contributed by atoms with Crippen LogP contribution in [0.1, 0.15) is 33.1 Å². The molecule has 3 aliphatic rings. The van der Waals surface area contributed by atoms with Crippen LogP contribution in [0, 0.1) is 11.8 Å². The quantitative estimate of drug-likeness (QED) is 0.622. The largest absolute Gasteiger partial charge is 0.370 e. The monoisotopic (exact) mass is 212 g/mol. The molecule has 2 heterocycles. The first-order valence-corrected chi connectivity index (χ1v) is 6.06. The molecule has 3 atom stereocenters. The summed E-state index contributed by atoms with van der Waals surface area (Å²) in [6.45, 7) is 6.90. The lowest BCUT2D eigenvalue weighted by atomic mass is 9.73. The van der Waals surface area contributed by atoms with E-state index in [0.717, 1.165) is 26.2 Å². The molecule has 3 rings (SSSR count). The van der Waals surface area contributed by atoms with Gasteiger partial charge in [-0.2, -0.15) is 0 Å². The van der Waals surface area contributed by atoms with Crippen LogP contribution in [0.2, 0.25) is 0 Å². The van der Waals surface area contributed by atoms with Gasteiger partial charge in [-0.1, -0.05) is 6.92 Å². The van der Waals surface area contributed by atoms with Crippen molar-refractivity contribution in [3.8, 4) is 0 Å². The zero-order valence-corrected chi connectivity index (χ0v) is 9.62. The van der Waals surface area contributed by atoms with Crippen molar-refractivity contribution in [3.05, 3.63) is 0 Å². The fourth-order valence-corrected chi connectivity index (χ4v) is 3.06. The van der Waals surface area contributed by atoms with Crippen LogP contribution < -0.4 is 0 Å². The molecule has 3 unspecified atom stereocenters. The minimum Gasteiger partial charge on any atom is -0.370 e. The van der Waals surface area contributed by atoms with Crippen LogP contribution in [0.15, 0.2) is 0 Å². The summed E-state index contributed by atoms with van der Waals surface area (Å²) in [5.74, 6) is 0.864. The van der Waals surface area contributed by atoms with Crippen LogP contribution in [0.25, 0.3) is 0 Å². The van der Waals surface area contributed by atoms with Crippen molar-refractivity contribution < 1.29 is 14.2 Å². The fraction of sp³-hybridized carbons (Fsp3) is 1.00. The molecular weight excluding hydrogens is 192 g/mol. The number of epoxide rings is 1. The molecule has 2 saturated heterocycles. The molecule has 2 aliphatic heterocycles. The Morgan fingerprint density at radius 1 is 1.07 bits per heavy atom. The molecule has 0 aromatic rings. The van der Waals surface area contributed by atoms with Gasteiger partial charge in [-0.25, -0.2) is 0 Å². The maximum Gasteiger partial charge on any atom is 0.171 e. The van der Waals surface area contributed by atoms with Crippen LogP contribution in [-0.4, -0.2) is 31.2 Å². The molecule has 1 spiro atoms. The van der Waals surface area contributed by atoms with E-state index in [4.69, 9.17) is 14.2 Å². The molecular formula is C12H20O3. The van der Waals surface area contributed by atoms with E-state index in [9.17, 15) is 0 Å². The van der Waals surface area contributed by atoms with Gasteiger partial charge in [-0.15, -0.1) is 0 Å². The van der Waals surface area contributed by atoms with Crippen molar-refractivity contribution in [3.63, 3.8) is 0 Å². The third kappa shape index (κ3) is 1.52. The lowest BCUT2D eigenvalue weighted by Gasteiger charge is -2.42. The van der Waals surface area contributed by atoms with E-state index >= 15 is 0 Å². The molecule has 0 radical (unpaired) electrons. The molecule has 15 heavy (non-hydrogen) atoms. The molecule has 86 valence electrons. The summed E-state index contributed by atoms with van der Waals surface area (Å²) in [4.78, 5) is 0. The Morgan fingerprint density at radius 2 is 1.73 bits per heavy atom. The highest BCUT2D eigenvalue weighted by atomic mass is 16.7. The Morgan fingerprint density at radius 3 is 2.33 bits per heavy atom. The number of rotatable bonds is 1. The van der Waals surface area contributed by atoms with Gasteiger partial charge in [0.05, 0.1) is 25.4 Å². The van der Waals surface area contributed by atoms with Crippen molar-refractivity contribution >= 4 is 0 Å². The van der Waals surface area contributed by atoms with Crippen LogP contribution in [0.3, 0.4) is 0 Å². The van der Waals surface area contributed by atoms with Gasteiger partial charge in [0.2, 0.25) is 0 Å². The molecule has 3 nitrogen and oxygen atoms in total. The van der Waals surface area contributed by atoms with Gasteiger partial charge < -0.3 is 14.2 Å². The molecule has 3 fully saturated rings. The molecule has 0 N–H and O–H groups in total. The van der Waals surface area contributed by atoms with E-state index < -0.39 is 0 Å². The lowest BCUT2D eigenvalue weighted by molar-refractivity contribution is -0.221. The smallest absolute Gasteiger partial charge is 0.171 e. The lowest BCUT2D eigenvalue weighted by Crippen LogP contribution is -2.46. The van der Waals surface area contributed by atoms with Crippen LogP contribution in [0.4, 0.5) is 0 Å². The normalized spacial score (nSPS) is 48.4. The van der Waals surface area contributed by atoms with E-state index in [1.807, 2.05) is 0 Å². The van der Waals surface area contributed by atoms with E-state index in [1.165, 1.54) is 12.8 Å². The van der Waals surface area contributed by atoms with E-state index in [2.05, 4.69) is 13.8 Å². The van der Waals surface area contributed by atoms with E-state index in [1.54, 1.807) is 0 Å². The molecule has 3 heteroatoms. The zero-order chi connectivity index (χ0) is 10.5. The fourth-order valence-electron chi connectivity index (χ4n) is 3.06. The predicted molar refractivity (Wildman–Crippen MR) is 55.5 cm³/mol. The summed E-state index contributed by atoms with van der Waals surface area (Å²) in [7, 11) is 0. The van der Waals surface area contributed by atoms with Crippen molar-refractivity contribution in [2.45, 2.75) is 44.5 Å². The van der Waals surface area contributed by atoms with Crippen molar-refractivity contribution in [2.24, 2.45) is 11.8 Å². The topological polar surface area (TPSA) is 31.0 Å². The summed E-state index contributed by atoms with van der Waals surface area (Å²) >= 11 is 0. The highest BCUT2D eigenvalue weighted by Gasteiger charge is 2.55. The van der Waals surface area contributed by atoms with Gasteiger partial charge in [0.25, 0.3) is 0 Å². The minimum atomic E-state index is -0.280. The molecule has 0 aromatic carbocycles. The van der Waals surface area contributed by atoms with Gasteiger partial charge >= 0.3 is 0 Å². The number of ether oxygens (including phenoxy) is 3. The summed E-state index contributed by atoms with van der Waals surface area (Å²) in [6.07, 6.45) is 3.47. The SMILES string of the molecule is CC1CCC(C2(C)CO2)CC12OCCO2. The molecule has 0 bridgehead atoms. The maximum atomic E-state index is 5.87. The Bertz CT molecular complexity index is 254. The third-order valence-corrected chi connectivity index (χ3v) is 4.47. The van der Waals surface area contributed by atoms with Crippen molar-refractivity contribution in [1.82, 2.24) is 0 Å². The van der Waals surface area contributed by atoms with Crippen molar-refractivity contribution in [1.29, 1.82) is 0 Å². The summed E-state index contributed by atoms with van der Waals surface area (Å²) in [5.41, 5.74) is 0.127. The Labute approximate surface area is 91.1 Å². The Kier molecular flexibility index (Phi) is 2.14. The van der Waals surface area contributed by atoms with Gasteiger partial charge in [0.15, 0.2) is 5.79 Å². The summed E-state index contributed by atoms with van der Waals surface area (Å²) in [6, 6.07) is 0. The minimum absolute atomic E-state index is 0.127. The highest BCUT2D eigenvalue weighted by Crippen LogP contribution is 2.50. The summed E-state index contributed by atoms with van der Waals surface area (Å²) in [5, 5.41) is 0. The molecule has 0 amide bonds. The number of hydrogen-bond acceptors (Lipinski definition) is 3. The standard InChI is InChI=1S/C12H20O3/c1-9-3-4-10(11(2)8-15-11)7-12(9)13-5-6-14-12/h9-10H,3-8H2,1-2H3. The van der Waals surface area contributed by atoms with Crippen LogP contribution in [0.5, 0.6) is 0 Å². The average Bonchev–Trinajstić information content (AvgIpc) is 2.80. The van der Waals surface area contributed by atoms with Gasteiger partial charge in [0, 0.05) is 12.3 Å². The van der Waals surface area contributed by atoms with Crippen LogP contribution in [-0.2, 0) is 14.2 Å². The van der Waals surface area contributed by atoms with Gasteiger partial charge in [0.1, 0.15) is 0 Å². The number of hydrogen-bond donors (Lipinski definition) is 0. The average molecular weight is 212 g/mol. The Balaban J connectivity index is 1.76. The van der Waals surface area contributed by atoms with Crippen LogP contribution >= 0.6 is 0 Å². The summed E-state index contributed by atoms with van der Waals surface area (Å²) < 4.78 is 17.3. The first kappa shape index (κ1) is 10.1. The second-order valence-electron chi connectivity index (χ2n) is 5.49. The predicted octanol–water partition coefficient (Wildman–Crippen LogP) is 1.95. The zero-order valence-electron chi connectivity index (χ0n) is 9.62. The van der Waals surface area contributed by atoms with Gasteiger partial charge in [-0.3, -0.25) is 0 Å². The molecule has 0 aromatic heterocycles. The molecule has 1 aliphatic carbocycles. The molecule has 1 saturated carbocycles. The first-order valence-electron chi connectivity index (χ1n) is 6.06. The highest BCUT2D eigenvalue weighted by molar-refractivity contribution is 5.00. The Hall–Kier alpha value is -0.120. The van der Waals surface area contributed by atoms with Crippen molar-refractivity contribution in [2.75, 3.05) is 19.8 Å².